The monoisotopic (exact) mass is 283 g/mol. The first-order valence-electron chi connectivity index (χ1n) is 6.70. The first kappa shape index (κ1) is 14.7. The summed E-state index contributed by atoms with van der Waals surface area (Å²) in [6.45, 7) is 5.04. The zero-order valence-corrected chi connectivity index (χ0v) is 11.5. The van der Waals surface area contributed by atoms with Crippen LogP contribution in [0.4, 0.5) is 17.8 Å². The molecule has 1 saturated heterocycles. The second-order valence-corrected chi connectivity index (χ2v) is 4.47. The van der Waals surface area contributed by atoms with Crippen molar-refractivity contribution in [1.82, 2.24) is 15.0 Å². The van der Waals surface area contributed by atoms with Crippen LogP contribution in [0.25, 0.3) is 0 Å². The Bertz CT molecular complexity index is 425. The second-order valence-electron chi connectivity index (χ2n) is 4.47. The van der Waals surface area contributed by atoms with Crippen molar-refractivity contribution in [3.8, 4) is 0 Å². The summed E-state index contributed by atoms with van der Waals surface area (Å²) in [5.74, 6) is 6.60. The largest absolute Gasteiger partial charge is 0.391 e. The van der Waals surface area contributed by atoms with Crippen molar-refractivity contribution in [2.45, 2.75) is 19.4 Å². The molecule has 112 valence electrons. The Morgan fingerprint density at radius 3 is 2.65 bits per heavy atom. The van der Waals surface area contributed by atoms with Gasteiger partial charge >= 0.3 is 0 Å². The molecular formula is C11H21N7O2. The minimum Gasteiger partial charge on any atom is -0.391 e. The third-order valence-electron chi connectivity index (χ3n) is 3.01. The summed E-state index contributed by atoms with van der Waals surface area (Å²) < 4.78 is 5.30. The molecule has 2 rings (SSSR count). The van der Waals surface area contributed by atoms with Crippen LogP contribution in [0, 0.1) is 0 Å². The number of aliphatic hydroxyl groups excluding tert-OH is 1. The van der Waals surface area contributed by atoms with Gasteiger partial charge in [-0.25, -0.2) is 5.84 Å². The van der Waals surface area contributed by atoms with E-state index in [1.807, 2.05) is 11.8 Å². The number of nitrogen functional groups attached to an aromatic ring is 1. The number of aliphatic hydroxyl groups is 1. The van der Waals surface area contributed by atoms with Gasteiger partial charge < -0.3 is 20.1 Å². The van der Waals surface area contributed by atoms with Gasteiger partial charge in [0.2, 0.25) is 17.8 Å². The van der Waals surface area contributed by atoms with E-state index in [4.69, 9.17) is 10.6 Å². The predicted octanol–water partition coefficient (Wildman–Crippen LogP) is -0.823. The highest BCUT2D eigenvalue weighted by Gasteiger charge is 2.16. The Kier molecular flexibility index (Phi) is 5.27. The van der Waals surface area contributed by atoms with E-state index in [0.717, 1.165) is 13.1 Å². The molecule has 2 heterocycles. The summed E-state index contributed by atoms with van der Waals surface area (Å²) in [4.78, 5) is 14.7. The molecule has 1 fully saturated rings. The minimum atomic E-state index is -0.437. The van der Waals surface area contributed by atoms with Crippen LogP contribution < -0.4 is 21.5 Å². The van der Waals surface area contributed by atoms with E-state index in [-0.39, 0.29) is 5.95 Å². The van der Waals surface area contributed by atoms with Gasteiger partial charge in [0.05, 0.1) is 19.3 Å². The van der Waals surface area contributed by atoms with Gasteiger partial charge in [0, 0.05) is 19.6 Å². The van der Waals surface area contributed by atoms with Crippen molar-refractivity contribution >= 4 is 17.8 Å². The quantitative estimate of drug-likeness (QED) is 0.391. The second kappa shape index (κ2) is 7.17. The average molecular weight is 283 g/mol. The lowest BCUT2D eigenvalue weighted by Crippen LogP contribution is -2.37. The molecule has 1 aliphatic rings. The lowest BCUT2D eigenvalue weighted by atomic mass is 10.3. The van der Waals surface area contributed by atoms with Gasteiger partial charge in [0.1, 0.15) is 0 Å². The molecule has 9 nitrogen and oxygen atoms in total. The standard InChI is InChI=1S/C11H21N7O2/c1-2-8(19)7-13-9-14-10(17-12)16-11(15-9)18-3-5-20-6-4-18/h8,19H,2-7,12H2,1H3,(H2,13,14,15,16,17). The maximum atomic E-state index is 9.56. The van der Waals surface area contributed by atoms with Crippen LogP contribution in [-0.2, 0) is 4.74 Å². The van der Waals surface area contributed by atoms with Gasteiger partial charge in [-0.1, -0.05) is 6.92 Å². The van der Waals surface area contributed by atoms with Crippen LogP contribution in [0.5, 0.6) is 0 Å². The van der Waals surface area contributed by atoms with Crippen LogP contribution in [0.15, 0.2) is 0 Å². The van der Waals surface area contributed by atoms with E-state index in [1.54, 1.807) is 0 Å². The van der Waals surface area contributed by atoms with Crippen molar-refractivity contribution in [3.63, 3.8) is 0 Å². The molecule has 1 aromatic rings. The lowest BCUT2D eigenvalue weighted by molar-refractivity contribution is 0.122. The molecular weight excluding hydrogens is 262 g/mol. The number of nitrogens with one attached hydrogen (secondary N) is 2. The van der Waals surface area contributed by atoms with Gasteiger partial charge in [0.15, 0.2) is 0 Å². The summed E-state index contributed by atoms with van der Waals surface area (Å²) in [7, 11) is 0. The van der Waals surface area contributed by atoms with Crippen LogP contribution in [-0.4, -0.2) is 59.0 Å². The molecule has 0 amide bonds. The van der Waals surface area contributed by atoms with E-state index in [1.165, 1.54) is 0 Å². The molecule has 0 aliphatic carbocycles. The Hall–Kier alpha value is -1.71. The van der Waals surface area contributed by atoms with Gasteiger partial charge in [-0.05, 0) is 6.42 Å². The maximum Gasteiger partial charge on any atom is 0.243 e. The number of aromatic nitrogens is 3. The van der Waals surface area contributed by atoms with E-state index in [9.17, 15) is 5.11 Å². The average Bonchev–Trinajstić information content (AvgIpc) is 2.53. The number of nitrogens with zero attached hydrogens (tertiary/aromatic N) is 4. The van der Waals surface area contributed by atoms with E-state index >= 15 is 0 Å². The number of hydrogen-bond acceptors (Lipinski definition) is 9. The number of hydrogen-bond donors (Lipinski definition) is 4. The van der Waals surface area contributed by atoms with Gasteiger partial charge in [-0.2, -0.15) is 15.0 Å². The summed E-state index contributed by atoms with van der Waals surface area (Å²) in [6.07, 6.45) is 0.226. The van der Waals surface area contributed by atoms with Gasteiger partial charge in [-0.3, -0.25) is 5.43 Å². The van der Waals surface area contributed by atoms with Gasteiger partial charge in [0.25, 0.3) is 0 Å². The number of hydrazine groups is 1. The fourth-order valence-corrected chi connectivity index (χ4v) is 1.77. The molecule has 5 N–H and O–H groups in total. The fraction of sp³-hybridized carbons (Fsp3) is 0.727. The predicted molar refractivity (Wildman–Crippen MR) is 75.5 cm³/mol. The summed E-state index contributed by atoms with van der Waals surface area (Å²) in [6, 6.07) is 0. The Balaban J connectivity index is 2.10. The normalized spacial score (nSPS) is 16.9. The molecule has 9 heteroatoms. The number of morpholine rings is 1. The van der Waals surface area contributed by atoms with Crippen molar-refractivity contribution in [1.29, 1.82) is 0 Å². The van der Waals surface area contributed by atoms with Crippen LogP contribution in [0.1, 0.15) is 13.3 Å². The lowest BCUT2D eigenvalue weighted by Gasteiger charge is -2.27. The highest BCUT2D eigenvalue weighted by Crippen LogP contribution is 2.14. The topological polar surface area (TPSA) is 121 Å². The Labute approximate surface area is 117 Å². The molecule has 0 spiro atoms. The molecule has 20 heavy (non-hydrogen) atoms. The first-order chi connectivity index (χ1) is 9.72. The number of rotatable bonds is 6. The molecule has 0 radical (unpaired) electrons. The zero-order valence-electron chi connectivity index (χ0n) is 11.5. The van der Waals surface area contributed by atoms with E-state index < -0.39 is 6.10 Å². The number of nitrogens with two attached hydrogens (primary N) is 1. The van der Waals surface area contributed by atoms with Crippen molar-refractivity contribution < 1.29 is 9.84 Å². The smallest absolute Gasteiger partial charge is 0.243 e. The van der Waals surface area contributed by atoms with Crippen LogP contribution in [0.2, 0.25) is 0 Å². The van der Waals surface area contributed by atoms with Gasteiger partial charge in [-0.15, -0.1) is 0 Å². The third-order valence-corrected chi connectivity index (χ3v) is 3.01. The summed E-state index contributed by atoms with van der Waals surface area (Å²) in [5.41, 5.74) is 2.43. The molecule has 1 aliphatic heterocycles. The summed E-state index contributed by atoms with van der Waals surface area (Å²) in [5, 5.41) is 12.5. The van der Waals surface area contributed by atoms with Crippen molar-refractivity contribution in [2.24, 2.45) is 5.84 Å². The van der Waals surface area contributed by atoms with Crippen LogP contribution >= 0.6 is 0 Å². The highest BCUT2D eigenvalue weighted by atomic mass is 16.5. The van der Waals surface area contributed by atoms with Crippen LogP contribution in [0.3, 0.4) is 0 Å². The molecule has 1 atom stereocenters. The molecule has 1 unspecified atom stereocenters. The van der Waals surface area contributed by atoms with Crippen molar-refractivity contribution in [3.05, 3.63) is 0 Å². The summed E-state index contributed by atoms with van der Waals surface area (Å²) >= 11 is 0. The SMILES string of the molecule is CCC(O)CNc1nc(NN)nc(N2CCOCC2)n1. The fourth-order valence-electron chi connectivity index (χ4n) is 1.77. The van der Waals surface area contributed by atoms with E-state index in [2.05, 4.69) is 25.7 Å². The van der Waals surface area contributed by atoms with Crippen molar-refractivity contribution in [2.75, 3.05) is 48.5 Å². The molecule has 1 aromatic heterocycles. The Morgan fingerprint density at radius 1 is 1.30 bits per heavy atom. The Morgan fingerprint density at radius 2 is 2.00 bits per heavy atom. The maximum absolute atomic E-state index is 9.56. The zero-order chi connectivity index (χ0) is 14.4. The molecule has 0 saturated carbocycles. The van der Waals surface area contributed by atoms with E-state index in [0.29, 0.717) is 38.1 Å². The number of ether oxygens (including phenoxy) is 1. The minimum absolute atomic E-state index is 0.287. The highest BCUT2D eigenvalue weighted by molar-refractivity contribution is 5.43. The first-order valence-corrected chi connectivity index (χ1v) is 6.70. The third kappa shape index (κ3) is 3.89. The molecule has 0 bridgehead atoms. The number of anilines is 3. The molecule has 0 aromatic carbocycles.